The van der Waals surface area contributed by atoms with Gasteiger partial charge in [0.2, 0.25) is 0 Å². The molecule has 484 valence electrons. The van der Waals surface area contributed by atoms with Crippen molar-refractivity contribution in [3.63, 3.8) is 0 Å². The minimum atomic E-state index is -1.20. The number of carbonyl (C=O) groups is 1. The monoisotopic (exact) mass is 1320 g/mol. The van der Waals surface area contributed by atoms with E-state index in [9.17, 15) is 9.90 Å². The Morgan fingerprint density at radius 3 is 1.17 bits per heavy atom. The Hall–Kier alpha value is -11.0. The number of aliphatic hydroxyl groups excluding tert-OH is 1. The summed E-state index contributed by atoms with van der Waals surface area (Å²) in [7, 11) is 0. The van der Waals surface area contributed by atoms with E-state index in [4.69, 9.17) is 53.8 Å². The zero-order chi connectivity index (χ0) is 67.0. The van der Waals surface area contributed by atoms with Crippen molar-refractivity contribution in [1.82, 2.24) is 59.5 Å². The number of aliphatic hydroxyl groups is 1. The minimum Gasteiger partial charge on any atom is -0.386 e. The number of halogens is 2. The zero-order valence-corrected chi connectivity index (χ0v) is 55.7. The maximum absolute atomic E-state index is 13.2. The van der Waals surface area contributed by atoms with E-state index in [0.29, 0.717) is 49.0 Å². The van der Waals surface area contributed by atoms with Crippen molar-refractivity contribution in [3.8, 4) is 45.0 Å². The predicted octanol–water partition coefficient (Wildman–Crippen LogP) is 17.6. The highest BCUT2D eigenvalue weighted by Crippen LogP contribution is 2.47. The molecule has 0 saturated heterocycles. The van der Waals surface area contributed by atoms with Crippen molar-refractivity contribution in [2.75, 3.05) is 0 Å². The second kappa shape index (κ2) is 28.7. The third kappa shape index (κ3) is 11.9. The van der Waals surface area contributed by atoms with E-state index in [1.54, 1.807) is 0 Å². The molecule has 14 aromatic rings. The first-order chi connectivity index (χ1) is 48.3. The Kier molecular flexibility index (Phi) is 18.9. The van der Waals surface area contributed by atoms with Crippen LogP contribution in [0.3, 0.4) is 0 Å². The lowest BCUT2D eigenvalue weighted by Gasteiger charge is -2.36. The van der Waals surface area contributed by atoms with Crippen LogP contribution in [0.25, 0.3) is 45.0 Å². The standard InChI is InChI=1S/C82H70Cl2N12O2/c1-3-5-45-73-85-77(84)74(94(73)55-58-48-52-60(53-49-58)68-42-25-27-44-70(68)80-88-90-92-96(80)82(64-35-18-9-19-36-64,65-37-20-10-21-38-65)66-39-22-11-23-40-66)75(98)71(28-4-2)78-86-76(83)72(56-97)93(78)54-57-46-50-59(51-47-57)67-41-24-26-43-69(67)79-87-89-91-95(79)81(61-29-12-6-13-30-61,62-31-14-7-15-32-62)63-33-16-8-17-34-63/h6-27,29-44,46-53,56,71,75,98H,3-5,28,45,54-55H2,1-2H3. The van der Waals surface area contributed by atoms with Gasteiger partial charge in [-0.05, 0) is 100 Å². The number of benzene rings is 10. The molecule has 0 radical (unpaired) electrons. The molecule has 0 spiro atoms. The van der Waals surface area contributed by atoms with E-state index in [2.05, 4.69) is 199 Å². The topological polar surface area (TPSA) is 160 Å². The molecule has 0 bridgehead atoms. The van der Waals surface area contributed by atoms with Gasteiger partial charge in [-0.3, -0.25) is 4.79 Å². The fourth-order valence-electron chi connectivity index (χ4n) is 14.2. The summed E-state index contributed by atoms with van der Waals surface area (Å²) in [5.41, 5.74) is 12.1. The lowest BCUT2D eigenvalue weighted by Crippen LogP contribution is -2.39. The van der Waals surface area contributed by atoms with Crippen molar-refractivity contribution < 1.29 is 9.90 Å². The number of imidazole rings is 2. The van der Waals surface area contributed by atoms with E-state index in [1.165, 1.54) is 0 Å². The first-order valence-electron chi connectivity index (χ1n) is 33.2. The first-order valence-corrected chi connectivity index (χ1v) is 33.9. The Labute approximate surface area is 579 Å². The molecular weight excluding hydrogens is 1260 g/mol. The predicted molar refractivity (Wildman–Crippen MR) is 386 cm³/mol. The van der Waals surface area contributed by atoms with Gasteiger partial charge < -0.3 is 14.2 Å². The van der Waals surface area contributed by atoms with Crippen LogP contribution >= 0.6 is 23.2 Å². The van der Waals surface area contributed by atoms with Crippen molar-refractivity contribution in [2.45, 2.75) is 82.1 Å². The highest BCUT2D eigenvalue weighted by atomic mass is 35.5. The van der Waals surface area contributed by atoms with Crippen molar-refractivity contribution >= 4 is 29.5 Å². The second-order valence-electron chi connectivity index (χ2n) is 24.5. The molecule has 14 nitrogen and oxygen atoms in total. The summed E-state index contributed by atoms with van der Waals surface area (Å²) in [4.78, 5) is 23.1. The summed E-state index contributed by atoms with van der Waals surface area (Å²) in [5.74, 6) is 1.75. The summed E-state index contributed by atoms with van der Waals surface area (Å²) in [6.07, 6.45) is 3.14. The number of aryl methyl sites for hydroxylation is 1. The lowest BCUT2D eigenvalue weighted by molar-refractivity contribution is 0.111. The van der Waals surface area contributed by atoms with Crippen LogP contribution in [0.15, 0.2) is 279 Å². The minimum absolute atomic E-state index is 0.0495. The third-order valence-corrected chi connectivity index (χ3v) is 19.3. The van der Waals surface area contributed by atoms with Crippen LogP contribution in [0.2, 0.25) is 10.3 Å². The maximum atomic E-state index is 13.2. The molecule has 4 heterocycles. The van der Waals surface area contributed by atoms with E-state index < -0.39 is 23.1 Å². The Morgan fingerprint density at radius 2 is 0.806 bits per heavy atom. The molecule has 16 heteroatoms. The molecule has 0 fully saturated rings. The van der Waals surface area contributed by atoms with Gasteiger partial charge in [0.25, 0.3) is 0 Å². The molecule has 98 heavy (non-hydrogen) atoms. The normalized spacial score (nSPS) is 12.4. The Morgan fingerprint density at radius 1 is 0.439 bits per heavy atom. The van der Waals surface area contributed by atoms with Gasteiger partial charge in [0.05, 0.1) is 5.69 Å². The number of rotatable bonds is 25. The largest absolute Gasteiger partial charge is 0.386 e. The molecule has 0 aliphatic rings. The second-order valence-corrected chi connectivity index (χ2v) is 25.2. The molecule has 2 unspecified atom stereocenters. The number of unbranched alkanes of at least 4 members (excludes halogenated alkanes) is 1. The van der Waals surface area contributed by atoms with Crippen LogP contribution in [0.1, 0.15) is 124 Å². The molecule has 1 N–H and O–H groups in total. The molecule has 0 aliphatic heterocycles. The fourth-order valence-corrected chi connectivity index (χ4v) is 14.7. The molecule has 14 rings (SSSR count). The molecule has 10 aromatic carbocycles. The van der Waals surface area contributed by atoms with Gasteiger partial charge in [0, 0.05) is 36.6 Å². The summed E-state index contributed by atoms with van der Waals surface area (Å²) < 4.78 is 7.80. The summed E-state index contributed by atoms with van der Waals surface area (Å²) >= 11 is 14.2. The average molecular weight is 1330 g/mol. The zero-order valence-electron chi connectivity index (χ0n) is 54.2. The van der Waals surface area contributed by atoms with Crippen LogP contribution in [0.5, 0.6) is 0 Å². The van der Waals surface area contributed by atoms with Gasteiger partial charge in [-0.1, -0.05) is 329 Å². The number of aromatic nitrogens is 12. The van der Waals surface area contributed by atoms with Gasteiger partial charge in [0.1, 0.15) is 34.5 Å². The average Bonchev–Trinajstić information content (AvgIpc) is 1.20. The molecule has 0 saturated carbocycles. The van der Waals surface area contributed by atoms with Gasteiger partial charge in [0.15, 0.2) is 28.2 Å². The summed E-state index contributed by atoms with van der Waals surface area (Å²) in [5, 5.41) is 41.4. The lowest BCUT2D eigenvalue weighted by atomic mass is 9.77. The molecular formula is C82H70Cl2N12O2. The van der Waals surface area contributed by atoms with Crippen LogP contribution < -0.4 is 0 Å². The van der Waals surface area contributed by atoms with Gasteiger partial charge in [-0.15, -0.1) is 10.2 Å². The van der Waals surface area contributed by atoms with Crippen molar-refractivity contribution in [3.05, 3.63) is 357 Å². The molecule has 2 atom stereocenters. The van der Waals surface area contributed by atoms with E-state index in [0.717, 1.165) is 103 Å². The van der Waals surface area contributed by atoms with Crippen LogP contribution in [-0.4, -0.2) is 70.9 Å². The maximum Gasteiger partial charge on any atom is 0.184 e. The van der Waals surface area contributed by atoms with Crippen molar-refractivity contribution in [1.29, 1.82) is 0 Å². The quantitative estimate of drug-likeness (QED) is 0.0431. The smallest absolute Gasteiger partial charge is 0.184 e. The van der Waals surface area contributed by atoms with Gasteiger partial charge >= 0.3 is 0 Å². The molecule has 4 aromatic heterocycles. The Balaban J connectivity index is 0.775. The van der Waals surface area contributed by atoms with Crippen molar-refractivity contribution in [2.24, 2.45) is 0 Å². The SMILES string of the molecule is CCCCc1nc(Cl)c(C(O)C(CCC)c2nc(Cl)c(C=O)n2Cc2ccc(-c3ccccc3-c3nnnn3C(c3ccccc3)(c3ccccc3)c3ccccc3)cc2)n1Cc1ccc(-c2ccccc2-c2nnnn2C(c2ccccc2)(c2ccccc2)c2ccccc2)cc1. The summed E-state index contributed by atoms with van der Waals surface area (Å²) in [6.45, 7) is 4.81. The van der Waals surface area contributed by atoms with E-state index in [1.807, 2.05) is 123 Å². The van der Waals surface area contributed by atoms with Crippen LogP contribution in [0, 0.1) is 0 Å². The third-order valence-electron chi connectivity index (χ3n) is 18.8. The van der Waals surface area contributed by atoms with Crippen LogP contribution in [0.4, 0.5) is 0 Å². The summed E-state index contributed by atoms with van der Waals surface area (Å²) in [6, 6.07) is 95.3. The number of hydrogen-bond acceptors (Lipinski definition) is 10. The van der Waals surface area contributed by atoms with Gasteiger partial charge in [-0.25, -0.2) is 19.3 Å². The fraction of sp³-hybridized carbons (Fsp3) is 0.159. The van der Waals surface area contributed by atoms with E-state index >= 15 is 0 Å². The highest BCUT2D eigenvalue weighted by Gasteiger charge is 2.44. The number of tetrazole rings is 2. The number of nitrogens with zero attached hydrogens (tertiary/aromatic N) is 12. The van der Waals surface area contributed by atoms with Gasteiger partial charge in [-0.2, -0.15) is 0 Å². The number of hydrogen-bond donors (Lipinski definition) is 1. The molecule has 0 aliphatic carbocycles. The van der Waals surface area contributed by atoms with Crippen LogP contribution in [-0.2, 0) is 30.6 Å². The van der Waals surface area contributed by atoms with E-state index in [-0.39, 0.29) is 22.5 Å². The Bertz CT molecular complexity index is 4790. The first kappa shape index (κ1) is 64.3. The number of carbonyl (C=O) groups excluding carboxylic acids is 1. The number of aldehydes is 1. The molecule has 0 amide bonds. The highest BCUT2D eigenvalue weighted by molar-refractivity contribution is 6.31.